The minimum atomic E-state index is -4.90. The van der Waals surface area contributed by atoms with Crippen molar-refractivity contribution in [1.82, 2.24) is 5.32 Å². The number of anilines is 1. The normalized spacial score (nSPS) is 20.9. The molecule has 1 heterocycles. The highest BCUT2D eigenvalue weighted by molar-refractivity contribution is 6.07. The number of rotatable bonds is 2. The second kappa shape index (κ2) is 6.40. The molecule has 0 unspecified atom stereocenters. The van der Waals surface area contributed by atoms with E-state index in [4.69, 9.17) is 0 Å². The molecule has 4 nitrogen and oxygen atoms in total. The Bertz CT molecular complexity index is 896. The molecule has 2 aliphatic rings. The Balaban J connectivity index is 1.60. The molecule has 1 N–H and O–H groups in total. The summed E-state index contributed by atoms with van der Waals surface area (Å²) in [6.07, 6.45) is -4.19. The summed E-state index contributed by atoms with van der Waals surface area (Å²) >= 11 is 0. The minimum Gasteiger partial charge on any atom is -0.345 e. The zero-order valence-electron chi connectivity index (χ0n) is 14.3. The van der Waals surface area contributed by atoms with Crippen molar-refractivity contribution in [3.05, 3.63) is 65.2 Å². The summed E-state index contributed by atoms with van der Waals surface area (Å²) in [6.45, 7) is 0.401. The minimum absolute atomic E-state index is 0.0869. The lowest BCUT2D eigenvalue weighted by atomic mass is 9.81. The molecule has 1 aliphatic carbocycles. The van der Waals surface area contributed by atoms with E-state index >= 15 is 0 Å². The first kappa shape index (κ1) is 17.6. The average Bonchev–Trinajstić information content (AvgIpc) is 3.01. The number of nitrogens with zero attached hydrogens (tertiary/aromatic N) is 1. The Labute approximate surface area is 154 Å². The van der Waals surface area contributed by atoms with Gasteiger partial charge < -0.3 is 10.2 Å². The number of hydrogen-bond acceptors (Lipinski definition) is 2. The van der Waals surface area contributed by atoms with Gasteiger partial charge in [-0.05, 0) is 42.2 Å². The highest BCUT2D eigenvalue weighted by Gasteiger charge is 2.43. The second-order valence-corrected chi connectivity index (χ2v) is 6.94. The van der Waals surface area contributed by atoms with Gasteiger partial charge in [-0.1, -0.05) is 30.3 Å². The van der Waals surface area contributed by atoms with Crippen molar-refractivity contribution in [2.75, 3.05) is 11.4 Å². The van der Waals surface area contributed by atoms with E-state index in [1.165, 1.54) is 0 Å². The van der Waals surface area contributed by atoms with Gasteiger partial charge in [-0.25, -0.2) is 0 Å². The highest BCUT2D eigenvalue weighted by Crippen LogP contribution is 2.45. The van der Waals surface area contributed by atoms with Gasteiger partial charge in [0.15, 0.2) is 0 Å². The molecule has 27 heavy (non-hydrogen) atoms. The Morgan fingerprint density at radius 1 is 1.04 bits per heavy atom. The fourth-order valence-corrected chi connectivity index (χ4v) is 4.08. The number of carbonyl (C=O) groups excluding carboxylic acids is 2. The Hall–Kier alpha value is -2.83. The Morgan fingerprint density at radius 3 is 2.48 bits per heavy atom. The molecule has 7 heteroatoms. The third-order valence-corrected chi connectivity index (χ3v) is 5.17. The lowest BCUT2D eigenvalue weighted by Crippen LogP contribution is -2.46. The lowest BCUT2D eigenvalue weighted by Gasteiger charge is -2.29. The van der Waals surface area contributed by atoms with Crippen LogP contribution in [-0.4, -0.2) is 30.6 Å². The third kappa shape index (κ3) is 3.18. The molecule has 0 spiro atoms. The average molecular weight is 374 g/mol. The first-order valence-electron chi connectivity index (χ1n) is 8.71. The summed E-state index contributed by atoms with van der Waals surface area (Å²) in [4.78, 5) is 25.9. The third-order valence-electron chi connectivity index (χ3n) is 5.17. The molecule has 0 radical (unpaired) electrons. The zero-order valence-corrected chi connectivity index (χ0v) is 14.3. The topological polar surface area (TPSA) is 49.4 Å². The molecule has 0 aromatic heterocycles. The fraction of sp³-hybridized carbons (Fsp3) is 0.300. The van der Waals surface area contributed by atoms with Gasteiger partial charge in [0.2, 0.25) is 0 Å². The molecule has 2 atom stereocenters. The van der Waals surface area contributed by atoms with E-state index in [1.54, 1.807) is 35.2 Å². The van der Waals surface area contributed by atoms with Crippen molar-refractivity contribution >= 4 is 17.5 Å². The molecule has 0 bridgehead atoms. The van der Waals surface area contributed by atoms with Crippen LogP contribution in [0.1, 0.15) is 33.8 Å². The van der Waals surface area contributed by atoms with Crippen molar-refractivity contribution in [2.24, 2.45) is 0 Å². The van der Waals surface area contributed by atoms with Gasteiger partial charge in [0, 0.05) is 29.8 Å². The summed E-state index contributed by atoms with van der Waals surface area (Å²) < 4.78 is 37.7. The van der Waals surface area contributed by atoms with Crippen molar-refractivity contribution < 1.29 is 22.8 Å². The molecule has 4 rings (SSSR count). The first-order chi connectivity index (χ1) is 12.8. The maximum absolute atomic E-state index is 12.9. The molecule has 140 valence electrons. The summed E-state index contributed by atoms with van der Waals surface area (Å²) in [5, 5.41) is 2.10. The monoisotopic (exact) mass is 374 g/mol. The van der Waals surface area contributed by atoms with Crippen LogP contribution in [0, 0.1) is 0 Å². The van der Waals surface area contributed by atoms with E-state index < -0.39 is 18.1 Å². The lowest BCUT2D eigenvalue weighted by molar-refractivity contribution is -0.174. The van der Waals surface area contributed by atoms with Gasteiger partial charge in [0.05, 0.1) is 0 Å². The van der Waals surface area contributed by atoms with Gasteiger partial charge in [-0.3, -0.25) is 9.59 Å². The summed E-state index contributed by atoms with van der Waals surface area (Å²) in [7, 11) is 0. The molecule has 2 aromatic carbocycles. The van der Waals surface area contributed by atoms with Crippen LogP contribution in [0.4, 0.5) is 18.9 Å². The summed E-state index contributed by atoms with van der Waals surface area (Å²) in [5.41, 5.74) is 3.28. The Kier molecular flexibility index (Phi) is 4.17. The van der Waals surface area contributed by atoms with Gasteiger partial charge in [-0.15, -0.1) is 0 Å². The van der Waals surface area contributed by atoms with Crippen LogP contribution in [0.2, 0.25) is 0 Å². The molecule has 2 aromatic rings. The van der Waals surface area contributed by atoms with E-state index in [9.17, 15) is 22.8 Å². The molecular weight excluding hydrogens is 357 g/mol. The first-order valence-corrected chi connectivity index (χ1v) is 8.71. The molecule has 0 fully saturated rings. The van der Waals surface area contributed by atoms with E-state index in [1.807, 2.05) is 18.2 Å². The van der Waals surface area contributed by atoms with E-state index in [0.717, 1.165) is 16.8 Å². The largest absolute Gasteiger partial charge is 0.471 e. The second-order valence-electron chi connectivity index (χ2n) is 6.94. The van der Waals surface area contributed by atoms with E-state index in [0.29, 0.717) is 24.9 Å². The highest BCUT2D eigenvalue weighted by atomic mass is 19.4. The van der Waals surface area contributed by atoms with E-state index in [2.05, 4.69) is 5.32 Å². The van der Waals surface area contributed by atoms with Crippen LogP contribution in [0.15, 0.2) is 48.5 Å². The van der Waals surface area contributed by atoms with E-state index in [-0.39, 0.29) is 11.8 Å². The maximum atomic E-state index is 12.9. The van der Waals surface area contributed by atoms with Crippen LogP contribution in [0.5, 0.6) is 0 Å². The quantitative estimate of drug-likeness (QED) is 0.876. The van der Waals surface area contributed by atoms with Crippen molar-refractivity contribution in [3.8, 4) is 0 Å². The maximum Gasteiger partial charge on any atom is 0.471 e. The number of amides is 2. The molecule has 0 saturated carbocycles. The number of hydrogen-bond donors (Lipinski definition) is 1. The molecular formula is C20H17F3N2O2. The van der Waals surface area contributed by atoms with Crippen LogP contribution >= 0.6 is 0 Å². The molecule has 0 saturated heterocycles. The number of alkyl halides is 3. The van der Waals surface area contributed by atoms with Crippen LogP contribution in [0.25, 0.3) is 0 Å². The number of carbonyl (C=O) groups is 2. The number of benzene rings is 2. The van der Waals surface area contributed by atoms with Crippen LogP contribution in [-0.2, 0) is 11.2 Å². The fourth-order valence-electron chi connectivity index (χ4n) is 4.08. The number of nitrogens with one attached hydrogen (secondary N) is 1. The van der Waals surface area contributed by atoms with Crippen molar-refractivity contribution in [1.29, 1.82) is 0 Å². The van der Waals surface area contributed by atoms with Crippen molar-refractivity contribution in [3.63, 3.8) is 0 Å². The predicted octanol–water partition coefficient (Wildman–Crippen LogP) is 3.42. The smallest absolute Gasteiger partial charge is 0.345 e. The Morgan fingerprint density at radius 2 is 1.78 bits per heavy atom. The van der Waals surface area contributed by atoms with Gasteiger partial charge in [0.1, 0.15) is 0 Å². The van der Waals surface area contributed by atoms with Crippen LogP contribution < -0.4 is 10.2 Å². The van der Waals surface area contributed by atoms with Crippen molar-refractivity contribution in [2.45, 2.75) is 31.0 Å². The summed E-state index contributed by atoms with van der Waals surface area (Å²) in [6, 6.07) is 13.8. The molecule has 2 amide bonds. The standard InChI is InChI=1S/C20H17F3N2O2/c21-20(22,23)19(27)24-15-9-13-7-4-8-16-17(13)14(10-15)11-25(16)18(26)12-5-2-1-3-6-12/h1-8,14-15H,9-11H2,(H,24,27)/t14-,15+/m0/s1. The van der Waals surface area contributed by atoms with Gasteiger partial charge >= 0.3 is 12.1 Å². The summed E-state index contributed by atoms with van der Waals surface area (Å²) in [5.74, 6) is -2.13. The SMILES string of the molecule is O=C(c1ccccc1)N1C[C@@H]2C[C@H](NC(=O)C(F)(F)F)Cc3cccc1c32. The predicted molar refractivity (Wildman–Crippen MR) is 93.6 cm³/mol. The number of halogens is 3. The van der Waals surface area contributed by atoms with Gasteiger partial charge in [0.25, 0.3) is 5.91 Å². The van der Waals surface area contributed by atoms with Crippen LogP contribution in [0.3, 0.4) is 0 Å². The van der Waals surface area contributed by atoms with Gasteiger partial charge in [-0.2, -0.15) is 13.2 Å². The zero-order chi connectivity index (χ0) is 19.2. The molecule has 1 aliphatic heterocycles.